The third-order valence-electron chi connectivity index (χ3n) is 6.34. The van der Waals surface area contributed by atoms with Gasteiger partial charge in [-0.15, -0.1) is 5.10 Å². The standard InChI is InChI=1S/C24H34F3N5O3/c1-17-12-31(18(2)15-33)23(34)8-5-9-32-21(11-28-29-32)16-35-22(17)14-30(3)13-19-6-4-7-20(10-19)24(25,26)27/h4,6-7,10-11,17-18,22,33H,5,8-9,12-16H2,1-3H3/t17-,18+,22+/m0/s1. The second kappa shape index (κ2) is 12.0. The number of amides is 1. The minimum absolute atomic E-state index is 0.0447. The average Bonchev–Trinajstić information content (AvgIpc) is 3.25. The highest BCUT2D eigenvalue weighted by Crippen LogP contribution is 2.30. The van der Waals surface area contributed by atoms with Crippen LogP contribution in [0, 0.1) is 5.92 Å². The lowest BCUT2D eigenvalue weighted by Crippen LogP contribution is -2.47. The van der Waals surface area contributed by atoms with Crippen LogP contribution in [-0.4, -0.2) is 74.7 Å². The molecule has 0 fully saturated rings. The summed E-state index contributed by atoms with van der Waals surface area (Å²) in [6, 6.07) is 4.97. The number of rotatable bonds is 6. The van der Waals surface area contributed by atoms with Gasteiger partial charge >= 0.3 is 6.18 Å². The number of aromatic nitrogens is 3. The van der Waals surface area contributed by atoms with Crippen LogP contribution in [0.3, 0.4) is 0 Å². The number of benzene rings is 1. The molecular formula is C24H34F3N5O3. The summed E-state index contributed by atoms with van der Waals surface area (Å²) in [4.78, 5) is 16.5. The SMILES string of the molecule is C[C@H](CO)N1C[C@H](C)[C@@H](CN(C)Cc2cccc(C(F)(F)F)c2)OCc2cnnn2CCCC1=O. The van der Waals surface area contributed by atoms with E-state index < -0.39 is 11.7 Å². The molecule has 35 heavy (non-hydrogen) atoms. The summed E-state index contributed by atoms with van der Waals surface area (Å²) in [6.07, 6.45) is -2.15. The highest BCUT2D eigenvalue weighted by Gasteiger charge is 2.31. The van der Waals surface area contributed by atoms with Crippen LogP contribution in [0.4, 0.5) is 13.2 Å². The van der Waals surface area contributed by atoms with Crippen LogP contribution in [0.25, 0.3) is 0 Å². The molecule has 0 saturated heterocycles. The molecule has 0 unspecified atom stereocenters. The first-order valence-corrected chi connectivity index (χ1v) is 11.8. The van der Waals surface area contributed by atoms with Gasteiger partial charge in [0.25, 0.3) is 0 Å². The van der Waals surface area contributed by atoms with E-state index in [1.165, 1.54) is 6.07 Å². The summed E-state index contributed by atoms with van der Waals surface area (Å²) in [5.41, 5.74) is 0.680. The zero-order valence-electron chi connectivity index (χ0n) is 20.4. The third kappa shape index (κ3) is 7.49. The minimum Gasteiger partial charge on any atom is -0.394 e. The number of carbonyl (C=O) groups is 1. The van der Waals surface area contributed by atoms with E-state index in [2.05, 4.69) is 10.3 Å². The van der Waals surface area contributed by atoms with Crippen LogP contribution in [0.5, 0.6) is 0 Å². The van der Waals surface area contributed by atoms with Crippen molar-refractivity contribution in [3.63, 3.8) is 0 Å². The Kier molecular flexibility index (Phi) is 9.26. The lowest BCUT2D eigenvalue weighted by Gasteiger charge is -2.35. The number of carbonyl (C=O) groups excluding carboxylic acids is 1. The fourth-order valence-corrected chi connectivity index (χ4v) is 4.28. The Morgan fingerprint density at radius 3 is 2.83 bits per heavy atom. The highest BCUT2D eigenvalue weighted by atomic mass is 19.4. The van der Waals surface area contributed by atoms with E-state index in [9.17, 15) is 23.1 Å². The zero-order valence-corrected chi connectivity index (χ0v) is 20.4. The zero-order chi connectivity index (χ0) is 25.6. The molecular weight excluding hydrogens is 463 g/mol. The molecule has 8 nitrogen and oxygen atoms in total. The molecule has 1 aliphatic rings. The third-order valence-corrected chi connectivity index (χ3v) is 6.34. The van der Waals surface area contributed by atoms with Crippen molar-refractivity contribution in [2.75, 3.05) is 26.7 Å². The van der Waals surface area contributed by atoms with Gasteiger partial charge in [0, 0.05) is 38.5 Å². The van der Waals surface area contributed by atoms with Crippen LogP contribution in [-0.2, 0) is 35.4 Å². The van der Waals surface area contributed by atoms with Gasteiger partial charge in [0.1, 0.15) is 0 Å². The molecule has 1 aromatic carbocycles. The van der Waals surface area contributed by atoms with E-state index in [1.807, 2.05) is 25.8 Å². The van der Waals surface area contributed by atoms with Gasteiger partial charge in [0.15, 0.2) is 0 Å². The van der Waals surface area contributed by atoms with Crippen molar-refractivity contribution in [2.45, 2.75) is 64.7 Å². The normalized spacial score (nSPS) is 21.4. The molecule has 0 aliphatic carbocycles. The maximum absolute atomic E-state index is 13.1. The van der Waals surface area contributed by atoms with Gasteiger partial charge in [-0.05, 0) is 32.0 Å². The number of aryl methyl sites for hydroxylation is 1. The smallest absolute Gasteiger partial charge is 0.394 e. The summed E-state index contributed by atoms with van der Waals surface area (Å²) in [5.74, 6) is -0.141. The average molecular weight is 498 g/mol. The second-order valence-corrected chi connectivity index (χ2v) is 9.35. The molecule has 0 radical (unpaired) electrons. The molecule has 2 heterocycles. The predicted octanol–water partition coefficient (Wildman–Crippen LogP) is 2.95. The monoisotopic (exact) mass is 497 g/mol. The number of nitrogens with zero attached hydrogens (tertiary/aromatic N) is 5. The van der Waals surface area contributed by atoms with Crippen LogP contribution < -0.4 is 0 Å². The Hall–Kier alpha value is -2.50. The molecule has 194 valence electrons. The summed E-state index contributed by atoms with van der Waals surface area (Å²) in [5, 5.41) is 17.8. The second-order valence-electron chi connectivity index (χ2n) is 9.35. The van der Waals surface area contributed by atoms with Crippen LogP contribution >= 0.6 is 0 Å². The quantitative estimate of drug-likeness (QED) is 0.661. The van der Waals surface area contributed by atoms with Crippen molar-refractivity contribution in [1.29, 1.82) is 0 Å². The van der Waals surface area contributed by atoms with Crippen LogP contribution in [0.15, 0.2) is 30.5 Å². The topological polar surface area (TPSA) is 83.7 Å². The highest BCUT2D eigenvalue weighted by molar-refractivity contribution is 5.76. The molecule has 1 N–H and O–H groups in total. The molecule has 0 spiro atoms. The molecule has 3 atom stereocenters. The van der Waals surface area contributed by atoms with Crippen molar-refractivity contribution in [3.8, 4) is 0 Å². The minimum atomic E-state index is -4.39. The molecule has 11 heteroatoms. The number of hydrogen-bond donors (Lipinski definition) is 1. The van der Waals surface area contributed by atoms with Gasteiger partial charge in [-0.3, -0.25) is 9.69 Å². The first kappa shape index (κ1) is 27.1. The summed E-state index contributed by atoms with van der Waals surface area (Å²) in [6.45, 7) is 5.60. The summed E-state index contributed by atoms with van der Waals surface area (Å²) in [7, 11) is 1.83. The Balaban J connectivity index is 1.78. The molecule has 0 bridgehead atoms. The first-order chi connectivity index (χ1) is 16.6. The Morgan fingerprint density at radius 2 is 2.11 bits per heavy atom. The molecule has 0 saturated carbocycles. The number of aliphatic hydroxyl groups is 1. The number of likely N-dealkylation sites (N-methyl/N-ethyl adjacent to an activating group) is 1. The predicted molar refractivity (Wildman–Crippen MR) is 123 cm³/mol. The van der Waals surface area contributed by atoms with Crippen LogP contribution in [0.2, 0.25) is 0 Å². The number of fused-ring (bicyclic) bond motifs is 1. The number of hydrogen-bond acceptors (Lipinski definition) is 6. The van der Waals surface area contributed by atoms with Gasteiger partial charge in [-0.1, -0.05) is 30.3 Å². The van der Waals surface area contributed by atoms with Crippen molar-refractivity contribution < 1.29 is 27.8 Å². The van der Waals surface area contributed by atoms with E-state index >= 15 is 0 Å². The fourth-order valence-electron chi connectivity index (χ4n) is 4.28. The maximum atomic E-state index is 13.1. The van der Waals surface area contributed by atoms with Gasteiger partial charge < -0.3 is 14.7 Å². The van der Waals surface area contributed by atoms with Crippen LogP contribution in [0.1, 0.15) is 43.5 Å². The number of aliphatic hydroxyl groups excluding tert-OH is 1. The Bertz CT molecular complexity index is 968. The van der Waals surface area contributed by atoms with Gasteiger partial charge in [0.05, 0.1) is 42.8 Å². The summed E-state index contributed by atoms with van der Waals surface area (Å²) < 4.78 is 47.3. The molecule has 2 aromatic rings. The van der Waals surface area contributed by atoms with Crippen molar-refractivity contribution >= 4 is 5.91 Å². The Morgan fingerprint density at radius 1 is 1.34 bits per heavy atom. The fraction of sp³-hybridized carbons (Fsp3) is 0.625. The molecule has 1 aromatic heterocycles. The van der Waals surface area contributed by atoms with Gasteiger partial charge in [-0.2, -0.15) is 13.2 Å². The number of halogens is 3. The molecule has 1 aliphatic heterocycles. The number of ether oxygens (including phenoxy) is 1. The number of alkyl halides is 3. The summed E-state index contributed by atoms with van der Waals surface area (Å²) >= 11 is 0. The maximum Gasteiger partial charge on any atom is 0.416 e. The van der Waals surface area contributed by atoms with E-state index in [1.54, 1.807) is 21.8 Å². The largest absolute Gasteiger partial charge is 0.416 e. The van der Waals surface area contributed by atoms with Crippen molar-refractivity contribution in [2.24, 2.45) is 5.92 Å². The lowest BCUT2D eigenvalue weighted by atomic mass is 10.0. The van der Waals surface area contributed by atoms with Gasteiger partial charge in [-0.25, -0.2) is 4.68 Å². The first-order valence-electron chi connectivity index (χ1n) is 11.8. The van der Waals surface area contributed by atoms with Gasteiger partial charge in [0.2, 0.25) is 5.91 Å². The lowest BCUT2D eigenvalue weighted by molar-refractivity contribution is -0.138. The Labute approximate surface area is 203 Å². The van der Waals surface area contributed by atoms with E-state index in [4.69, 9.17) is 4.74 Å². The van der Waals surface area contributed by atoms with E-state index in [0.29, 0.717) is 44.6 Å². The van der Waals surface area contributed by atoms with Crippen molar-refractivity contribution in [3.05, 3.63) is 47.3 Å². The molecule has 3 rings (SSSR count). The van der Waals surface area contributed by atoms with E-state index in [0.717, 1.165) is 17.8 Å². The van der Waals surface area contributed by atoms with Crippen molar-refractivity contribution in [1.82, 2.24) is 24.8 Å². The van der Waals surface area contributed by atoms with E-state index in [-0.39, 0.29) is 37.2 Å². The molecule has 1 amide bonds.